The van der Waals surface area contributed by atoms with Crippen molar-refractivity contribution in [1.29, 1.82) is 1.43 Å². The number of amides is 1. The van der Waals surface area contributed by atoms with E-state index in [9.17, 15) is 14.4 Å². The van der Waals surface area contributed by atoms with E-state index >= 15 is 0 Å². The summed E-state index contributed by atoms with van der Waals surface area (Å²) in [5, 5.41) is 7.77. The number of ketones is 1. The van der Waals surface area contributed by atoms with Gasteiger partial charge in [-0.15, -0.1) is 0 Å². The van der Waals surface area contributed by atoms with Crippen LogP contribution in [0.25, 0.3) is 0 Å². The zero-order valence-electron chi connectivity index (χ0n) is 23.4. The van der Waals surface area contributed by atoms with Crippen molar-refractivity contribution >= 4 is 23.3 Å². The van der Waals surface area contributed by atoms with Gasteiger partial charge >= 0.3 is 5.97 Å². The monoisotopic (exact) mass is 478 g/mol. The number of carbonyl (C=O) groups excluding carboxylic acids is 3. The molecule has 8 nitrogen and oxygen atoms in total. The lowest BCUT2D eigenvalue weighted by Crippen LogP contribution is -2.52. The molecule has 0 aliphatic carbocycles. The van der Waals surface area contributed by atoms with Crippen molar-refractivity contribution < 1.29 is 24.2 Å². The molecular weight excluding hydrogens is 434 g/mol. The molecule has 0 saturated heterocycles. The van der Waals surface area contributed by atoms with Gasteiger partial charge in [0.1, 0.15) is 17.7 Å². The Morgan fingerprint density at radius 3 is 2.09 bits per heavy atom. The summed E-state index contributed by atoms with van der Waals surface area (Å²) in [4.78, 5) is 40.9. The minimum atomic E-state index is -1.23. The molecule has 1 aromatic carbocycles. The maximum Gasteiger partial charge on any atom is 0.326 e. The number of nitrogens with zero attached hydrogens (tertiary/aromatic N) is 2. The van der Waals surface area contributed by atoms with Crippen LogP contribution in [0.15, 0.2) is 24.3 Å². The van der Waals surface area contributed by atoms with Crippen LogP contribution in [0.3, 0.4) is 0 Å². The molecule has 0 atom stereocenters. The highest BCUT2D eigenvalue weighted by Crippen LogP contribution is 2.21. The van der Waals surface area contributed by atoms with E-state index in [-0.39, 0.29) is 30.2 Å². The van der Waals surface area contributed by atoms with Gasteiger partial charge in [0.05, 0.1) is 5.54 Å². The maximum absolute atomic E-state index is 12.8. The molecule has 0 fully saturated rings. The predicted octanol–water partition coefficient (Wildman–Crippen LogP) is 3.09. The summed E-state index contributed by atoms with van der Waals surface area (Å²) < 4.78 is 12.6. The molecule has 0 aliphatic rings. The lowest BCUT2D eigenvalue weighted by atomic mass is 9.90. The Balaban J connectivity index is 2.66. The van der Waals surface area contributed by atoms with E-state index in [0.29, 0.717) is 13.1 Å². The Labute approximate surface area is 206 Å². The molecule has 1 aromatic rings. The van der Waals surface area contributed by atoms with Gasteiger partial charge in [-0.1, -0.05) is 26.0 Å². The van der Waals surface area contributed by atoms with Crippen molar-refractivity contribution in [2.45, 2.75) is 78.7 Å². The topological polar surface area (TPSA) is 99.2 Å². The summed E-state index contributed by atoms with van der Waals surface area (Å²) in [6, 6.07) is 7.45. The highest BCUT2D eigenvalue weighted by Gasteiger charge is 2.35. The summed E-state index contributed by atoms with van der Waals surface area (Å²) in [6.07, 6.45) is 0. The van der Waals surface area contributed by atoms with Gasteiger partial charge in [-0.25, -0.2) is 0 Å². The standard InChI is InChI=1S/C26H43N3O5/c1-18(2)21(30)24(3,4)27-20-13-11-19(12-14-20)17-34-23(32)25(5,6)29(10)16-15-28(9)22(31)26(7,8)33/h11-14,18,27,33H,15-17H2,1-10H3/i33D. The van der Waals surface area contributed by atoms with E-state index in [1.54, 1.807) is 41.8 Å². The number of benzene rings is 1. The SMILES string of the molecule is [2H]OC(C)(C)C(=O)N(C)CCN(C)C(C)(C)C(=O)OCc1ccc(NC(C)(C)C(=O)C(C)C)cc1. The number of Topliss-reactive ketones (excluding diaryl/α,β-unsaturated/α-hetero) is 1. The Hall–Kier alpha value is -2.45. The summed E-state index contributed by atoms with van der Waals surface area (Å²) in [5.74, 6) is -0.626. The van der Waals surface area contributed by atoms with Crippen LogP contribution in [0.1, 0.15) is 61.0 Å². The fraction of sp³-hybridized carbons (Fsp3) is 0.654. The average molecular weight is 479 g/mol. The van der Waals surface area contributed by atoms with Crippen molar-refractivity contribution in [2.24, 2.45) is 5.92 Å². The van der Waals surface area contributed by atoms with Crippen LogP contribution in [0.2, 0.25) is 0 Å². The number of likely N-dealkylation sites (N-methyl/N-ethyl adjacent to an activating group) is 2. The molecule has 0 aromatic heterocycles. The van der Waals surface area contributed by atoms with Crippen molar-refractivity contribution in [2.75, 3.05) is 32.5 Å². The van der Waals surface area contributed by atoms with Crippen LogP contribution in [0.4, 0.5) is 5.69 Å². The number of hydrogen-bond acceptors (Lipinski definition) is 7. The van der Waals surface area contributed by atoms with E-state index in [1.807, 2.05) is 56.9 Å². The Bertz CT molecular complexity index is 881. The number of nitrogens with one attached hydrogen (secondary N) is 1. The highest BCUT2D eigenvalue weighted by atomic mass is 16.5. The van der Waals surface area contributed by atoms with Gasteiger partial charge in [0.25, 0.3) is 5.91 Å². The number of hydrogen-bond donors (Lipinski definition) is 2. The minimum Gasteiger partial charge on any atom is -0.459 e. The zero-order chi connectivity index (χ0) is 27.2. The molecular formula is C26H43N3O5. The molecule has 2 N–H and O–H groups in total. The normalized spacial score (nSPS) is 13.0. The van der Waals surface area contributed by atoms with Gasteiger partial charge in [-0.05, 0) is 66.3 Å². The third-order valence-corrected chi connectivity index (χ3v) is 6.01. The molecule has 0 aliphatic heterocycles. The second-order valence-electron chi connectivity index (χ2n) is 10.8. The van der Waals surface area contributed by atoms with Crippen LogP contribution in [0.5, 0.6) is 0 Å². The van der Waals surface area contributed by atoms with Crippen molar-refractivity contribution in [1.82, 2.24) is 9.80 Å². The highest BCUT2D eigenvalue weighted by molar-refractivity contribution is 5.91. The lowest BCUT2D eigenvalue weighted by molar-refractivity contribution is -0.157. The van der Waals surface area contributed by atoms with Gasteiger partial charge in [0, 0.05) is 31.7 Å². The number of ether oxygens (including phenoxy) is 1. The van der Waals surface area contributed by atoms with Gasteiger partial charge in [-0.2, -0.15) is 0 Å². The molecule has 34 heavy (non-hydrogen) atoms. The van der Waals surface area contributed by atoms with Gasteiger partial charge in [0.2, 0.25) is 1.43 Å². The third kappa shape index (κ3) is 8.09. The first-order valence-corrected chi connectivity index (χ1v) is 11.7. The molecule has 0 saturated carbocycles. The van der Waals surface area contributed by atoms with E-state index in [1.165, 1.54) is 4.90 Å². The first-order chi connectivity index (χ1) is 16.0. The molecule has 1 rings (SSSR count). The Morgan fingerprint density at radius 2 is 1.59 bits per heavy atom. The van der Waals surface area contributed by atoms with E-state index in [4.69, 9.17) is 6.17 Å². The molecule has 8 heteroatoms. The molecule has 0 spiro atoms. The number of anilines is 1. The van der Waals surface area contributed by atoms with Crippen molar-refractivity contribution in [3.63, 3.8) is 0 Å². The zero-order valence-corrected chi connectivity index (χ0v) is 22.4. The minimum absolute atomic E-state index is 0.0670. The second kappa shape index (κ2) is 11.3. The molecule has 0 heterocycles. The number of carbonyl (C=O) groups is 3. The maximum atomic E-state index is 12.8. The van der Waals surface area contributed by atoms with Crippen LogP contribution < -0.4 is 5.32 Å². The van der Waals surface area contributed by atoms with Crippen LogP contribution in [-0.2, 0) is 25.7 Å². The summed E-state index contributed by atoms with van der Waals surface area (Å²) in [5.41, 5.74) is -1.17. The van der Waals surface area contributed by atoms with Crippen molar-refractivity contribution in [3.05, 3.63) is 29.8 Å². The first kappa shape index (κ1) is 27.8. The predicted molar refractivity (Wildman–Crippen MR) is 134 cm³/mol. The smallest absolute Gasteiger partial charge is 0.326 e. The number of esters is 1. The van der Waals surface area contributed by atoms with Crippen molar-refractivity contribution in [3.8, 4) is 0 Å². The van der Waals surface area contributed by atoms with E-state index < -0.39 is 16.7 Å². The quantitative estimate of drug-likeness (QED) is 0.420. The first-order valence-electron chi connectivity index (χ1n) is 12.1. The van der Waals surface area contributed by atoms with Gasteiger partial charge in [0.15, 0.2) is 5.78 Å². The Morgan fingerprint density at radius 1 is 1.03 bits per heavy atom. The molecule has 0 radical (unpaired) electrons. The average Bonchev–Trinajstić information content (AvgIpc) is 2.79. The second-order valence-corrected chi connectivity index (χ2v) is 10.8. The lowest BCUT2D eigenvalue weighted by Gasteiger charge is -2.35. The molecule has 0 bridgehead atoms. The van der Waals surface area contributed by atoms with E-state index in [0.717, 1.165) is 11.3 Å². The van der Waals surface area contributed by atoms with Gasteiger partial charge < -0.3 is 20.1 Å². The Kier molecular flexibility index (Phi) is 9.25. The third-order valence-electron chi connectivity index (χ3n) is 6.01. The molecule has 1 amide bonds. The fourth-order valence-corrected chi connectivity index (χ4v) is 3.45. The summed E-state index contributed by atoms with van der Waals surface area (Å²) in [7, 11) is 3.44. The van der Waals surface area contributed by atoms with Crippen LogP contribution >= 0.6 is 0 Å². The summed E-state index contributed by atoms with van der Waals surface area (Å²) >= 11 is 0. The fourth-order valence-electron chi connectivity index (χ4n) is 3.45. The number of aliphatic hydroxyl groups is 1. The van der Waals surface area contributed by atoms with Crippen LogP contribution in [0, 0.1) is 5.92 Å². The van der Waals surface area contributed by atoms with Crippen LogP contribution in [-0.4, -0.2) is 77.9 Å². The largest absolute Gasteiger partial charge is 0.459 e. The summed E-state index contributed by atoms with van der Waals surface area (Å²) in [6.45, 7) is 15.0. The van der Waals surface area contributed by atoms with Gasteiger partial charge in [-0.3, -0.25) is 19.3 Å². The number of rotatable bonds is 13. The van der Waals surface area contributed by atoms with E-state index in [2.05, 4.69) is 10.4 Å². The molecule has 0 unspecified atom stereocenters. The molecule has 192 valence electrons.